The van der Waals surface area contributed by atoms with Gasteiger partial charge in [0.1, 0.15) is 12.4 Å². The first-order valence-electron chi connectivity index (χ1n) is 8.12. The van der Waals surface area contributed by atoms with Crippen LogP contribution in [0, 0.1) is 0 Å². The summed E-state index contributed by atoms with van der Waals surface area (Å²) in [5.41, 5.74) is 1.03. The molecule has 1 aliphatic rings. The lowest BCUT2D eigenvalue weighted by molar-refractivity contribution is -0.133. The summed E-state index contributed by atoms with van der Waals surface area (Å²) in [6.45, 7) is 3.15. The van der Waals surface area contributed by atoms with E-state index < -0.39 is 0 Å². The van der Waals surface area contributed by atoms with Gasteiger partial charge in [0.2, 0.25) is 5.91 Å². The lowest BCUT2D eigenvalue weighted by Gasteiger charge is -2.24. The van der Waals surface area contributed by atoms with E-state index in [2.05, 4.69) is 5.32 Å². The number of benzene rings is 2. The summed E-state index contributed by atoms with van der Waals surface area (Å²) in [5, 5.41) is 2.82. The minimum absolute atomic E-state index is 0.0467. The first kappa shape index (κ1) is 16.3. The lowest BCUT2D eigenvalue weighted by atomic mass is 10.1. The van der Waals surface area contributed by atoms with Crippen molar-refractivity contribution in [1.29, 1.82) is 0 Å². The van der Waals surface area contributed by atoms with Gasteiger partial charge in [0.15, 0.2) is 11.5 Å². The molecule has 0 saturated carbocycles. The number of nitrogens with one attached hydrogen (secondary N) is 1. The van der Waals surface area contributed by atoms with Crippen molar-refractivity contribution in [2.45, 2.75) is 19.4 Å². The Kier molecular flexibility index (Phi) is 5.33. The zero-order chi connectivity index (χ0) is 16.8. The molecule has 1 saturated heterocycles. The van der Waals surface area contributed by atoms with E-state index in [9.17, 15) is 4.79 Å². The molecule has 3 rings (SSSR count). The van der Waals surface area contributed by atoms with Crippen molar-refractivity contribution in [3.05, 3.63) is 54.1 Å². The van der Waals surface area contributed by atoms with Crippen LogP contribution in [0.4, 0.5) is 0 Å². The van der Waals surface area contributed by atoms with Crippen molar-refractivity contribution < 1.29 is 19.0 Å². The van der Waals surface area contributed by atoms with Crippen LogP contribution in [0.25, 0.3) is 0 Å². The summed E-state index contributed by atoms with van der Waals surface area (Å²) in [7, 11) is 0. The first-order chi connectivity index (χ1) is 11.8. The maximum atomic E-state index is 11.2. The predicted octanol–water partition coefficient (Wildman–Crippen LogP) is 2.94. The molecule has 0 bridgehead atoms. The molecule has 1 heterocycles. The lowest BCUT2D eigenvalue weighted by Crippen LogP contribution is -2.43. The van der Waals surface area contributed by atoms with E-state index in [-0.39, 0.29) is 18.6 Å². The smallest absolute Gasteiger partial charge is 0.246 e. The van der Waals surface area contributed by atoms with Gasteiger partial charge in [-0.1, -0.05) is 30.3 Å². The fourth-order valence-corrected chi connectivity index (χ4v) is 2.61. The number of para-hydroxylation sites is 3. The normalized spacial score (nSPS) is 17.2. The van der Waals surface area contributed by atoms with Gasteiger partial charge in [0.05, 0.1) is 12.7 Å². The van der Waals surface area contributed by atoms with Gasteiger partial charge in [-0.25, -0.2) is 0 Å². The van der Waals surface area contributed by atoms with Gasteiger partial charge in [0, 0.05) is 13.0 Å². The molecule has 0 aliphatic carbocycles. The molecule has 24 heavy (non-hydrogen) atoms. The van der Waals surface area contributed by atoms with E-state index in [1.54, 1.807) is 0 Å². The van der Waals surface area contributed by atoms with Crippen molar-refractivity contribution in [1.82, 2.24) is 5.32 Å². The van der Waals surface area contributed by atoms with Gasteiger partial charge >= 0.3 is 0 Å². The van der Waals surface area contributed by atoms with Crippen LogP contribution in [0.5, 0.6) is 17.2 Å². The van der Waals surface area contributed by atoms with Gasteiger partial charge in [-0.2, -0.15) is 0 Å². The Morgan fingerprint density at radius 1 is 1.08 bits per heavy atom. The molecule has 2 aromatic rings. The Morgan fingerprint density at radius 3 is 2.50 bits per heavy atom. The Balaban J connectivity index is 1.76. The van der Waals surface area contributed by atoms with Crippen LogP contribution in [0.2, 0.25) is 0 Å². The molecular weight excluding hydrogens is 306 g/mol. The molecule has 1 atom stereocenters. The van der Waals surface area contributed by atoms with Crippen LogP contribution in [0.3, 0.4) is 0 Å². The van der Waals surface area contributed by atoms with E-state index in [4.69, 9.17) is 14.2 Å². The van der Waals surface area contributed by atoms with Crippen LogP contribution < -0.4 is 14.8 Å². The standard InChI is InChI=1S/C19H21NO4/c1-2-22-17-9-5-6-10-18(17)24-16-8-4-3-7-14(16)11-15-12-20-19(21)13-23-15/h3-10,15H,2,11-13H2,1H3,(H,20,21)/t15-/m0/s1. The van der Waals surface area contributed by atoms with Gasteiger partial charge < -0.3 is 19.5 Å². The van der Waals surface area contributed by atoms with Crippen LogP contribution >= 0.6 is 0 Å². The molecule has 1 N–H and O–H groups in total. The van der Waals surface area contributed by atoms with Gasteiger partial charge in [-0.05, 0) is 30.7 Å². The maximum Gasteiger partial charge on any atom is 0.246 e. The van der Waals surface area contributed by atoms with Crippen LogP contribution in [-0.4, -0.2) is 31.8 Å². The third-order valence-electron chi connectivity index (χ3n) is 3.77. The summed E-state index contributed by atoms with van der Waals surface area (Å²) in [6, 6.07) is 15.5. The first-order valence-corrected chi connectivity index (χ1v) is 8.12. The molecule has 1 amide bonds. The molecule has 1 aliphatic heterocycles. The van der Waals surface area contributed by atoms with E-state index in [1.807, 2.05) is 55.5 Å². The number of hydrogen-bond acceptors (Lipinski definition) is 4. The summed E-state index contributed by atoms with van der Waals surface area (Å²) >= 11 is 0. The number of ether oxygens (including phenoxy) is 3. The monoisotopic (exact) mass is 327 g/mol. The third kappa shape index (κ3) is 4.06. The molecule has 0 radical (unpaired) electrons. The van der Waals surface area contributed by atoms with E-state index in [1.165, 1.54) is 0 Å². The second-order valence-electron chi connectivity index (χ2n) is 5.53. The highest BCUT2D eigenvalue weighted by molar-refractivity contribution is 5.77. The highest BCUT2D eigenvalue weighted by Crippen LogP contribution is 2.33. The van der Waals surface area contributed by atoms with E-state index >= 15 is 0 Å². The molecule has 5 nitrogen and oxygen atoms in total. The number of rotatable bonds is 6. The van der Waals surface area contributed by atoms with Gasteiger partial charge in [-0.15, -0.1) is 0 Å². The van der Waals surface area contributed by atoms with E-state index in [0.717, 1.165) is 17.1 Å². The summed E-state index contributed by atoms with van der Waals surface area (Å²) < 4.78 is 17.3. The van der Waals surface area contributed by atoms with Crippen molar-refractivity contribution in [2.24, 2.45) is 0 Å². The summed E-state index contributed by atoms with van der Waals surface area (Å²) in [6.07, 6.45) is 0.627. The van der Waals surface area contributed by atoms with Gasteiger partial charge in [-0.3, -0.25) is 4.79 Å². The average molecular weight is 327 g/mol. The van der Waals surface area contributed by atoms with Crippen LogP contribution in [0.15, 0.2) is 48.5 Å². The van der Waals surface area contributed by atoms with Crippen molar-refractivity contribution in [2.75, 3.05) is 19.8 Å². The predicted molar refractivity (Wildman–Crippen MR) is 90.6 cm³/mol. The Labute approximate surface area is 141 Å². The summed E-state index contributed by atoms with van der Waals surface area (Å²) in [4.78, 5) is 11.2. The molecule has 5 heteroatoms. The van der Waals surface area contributed by atoms with Crippen molar-refractivity contribution in [3.8, 4) is 17.2 Å². The zero-order valence-electron chi connectivity index (χ0n) is 13.7. The SMILES string of the molecule is CCOc1ccccc1Oc1ccccc1C[C@H]1CNC(=O)CO1. The van der Waals surface area contributed by atoms with Crippen molar-refractivity contribution >= 4 is 5.91 Å². The topological polar surface area (TPSA) is 56.8 Å². The highest BCUT2D eigenvalue weighted by Gasteiger charge is 2.20. The minimum atomic E-state index is -0.0681. The Morgan fingerprint density at radius 2 is 1.79 bits per heavy atom. The number of hydrogen-bond donors (Lipinski definition) is 1. The van der Waals surface area contributed by atoms with Crippen LogP contribution in [-0.2, 0) is 16.0 Å². The average Bonchev–Trinajstić information content (AvgIpc) is 2.60. The number of amides is 1. The Hall–Kier alpha value is -2.53. The fraction of sp³-hybridized carbons (Fsp3) is 0.316. The molecule has 126 valence electrons. The molecule has 0 unspecified atom stereocenters. The molecule has 0 spiro atoms. The zero-order valence-corrected chi connectivity index (χ0v) is 13.7. The maximum absolute atomic E-state index is 11.2. The fourth-order valence-electron chi connectivity index (χ4n) is 2.61. The van der Waals surface area contributed by atoms with Gasteiger partial charge in [0.25, 0.3) is 0 Å². The number of morpholine rings is 1. The Bertz CT molecular complexity index is 691. The molecule has 1 fully saturated rings. The second-order valence-corrected chi connectivity index (χ2v) is 5.53. The molecular formula is C19H21NO4. The highest BCUT2D eigenvalue weighted by atomic mass is 16.5. The largest absolute Gasteiger partial charge is 0.490 e. The summed E-state index contributed by atoms with van der Waals surface area (Å²) in [5.74, 6) is 2.10. The number of carbonyl (C=O) groups excluding carboxylic acids is 1. The molecule has 0 aromatic heterocycles. The van der Waals surface area contributed by atoms with Crippen LogP contribution in [0.1, 0.15) is 12.5 Å². The van der Waals surface area contributed by atoms with E-state index in [0.29, 0.717) is 25.3 Å². The van der Waals surface area contributed by atoms with Crippen molar-refractivity contribution in [3.63, 3.8) is 0 Å². The minimum Gasteiger partial charge on any atom is -0.490 e. The number of carbonyl (C=O) groups is 1. The molecule has 2 aromatic carbocycles. The third-order valence-corrected chi connectivity index (χ3v) is 3.77. The second kappa shape index (κ2) is 7.84. The quantitative estimate of drug-likeness (QED) is 0.886.